The lowest BCUT2D eigenvalue weighted by atomic mass is 10.2. The summed E-state index contributed by atoms with van der Waals surface area (Å²) in [6.45, 7) is 5.36. The van der Waals surface area contributed by atoms with Crippen molar-refractivity contribution >= 4 is 21.8 Å². The van der Waals surface area contributed by atoms with Crippen LogP contribution >= 0.6 is 0 Å². The molecule has 4 aromatic rings. The molecule has 6 heteroatoms. The second kappa shape index (κ2) is 7.40. The van der Waals surface area contributed by atoms with E-state index in [0.29, 0.717) is 19.6 Å². The van der Waals surface area contributed by atoms with Gasteiger partial charge in [-0.3, -0.25) is 4.68 Å². The van der Waals surface area contributed by atoms with Gasteiger partial charge in [-0.05, 0) is 32.0 Å². The first-order chi connectivity index (χ1) is 13.2. The summed E-state index contributed by atoms with van der Waals surface area (Å²) in [5.74, 6) is 0.724. The minimum absolute atomic E-state index is 0.107. The minimum atomic E-state index is 0.107. The summed E-state index contributed by atoms with van der Waals surface area (Å²) in [6, 6.07) is 16.5. The molecule has 0 unspecified atom stereocenters. The van der Waals surface area contributed by atoms with Crippen LogP contribution in [0, 0.1) is 0 Å². The lowest BCUT2D eigenvalue weighted by Gasteiger charge is -2.09. The molecule has 0 saturated carbocycles. The lowest BCUT2D eigenvalue weighted by Crippen LogP contribution is -2.09. The molecule has 0 amide bonds. The zero-order valence-corrected chi connectivity index (χ0v) is 15.7. The fraction of sp³-hybridized carbons (Fsp3) is 0.333. The van der Waals surface area contributed by atoms with Crippen LogP contribution in [-0.2, 0) is 6.54 Å². The Bertz CT molecular complexity index is 1060. The van der Waals surface area contributed by atoms with E-state index in [1.807, 2.05) is 41.1 Å². The van der Waals surface area contributed by atoms with Crippen molar-refractivity contribution in [1.82, 2.24) is 19.6 Å². The maximum Gasteiger partial charge on any atom is 0.220 e. The SMILES string of the molecule is CC(C)n1nc(Cn2nc3ccccc3c2OCCCO)c2ccccc21. The molecule has 27 heavy (non-hydrogen) atoms. The van der Waals surface area contributed by atoms with Crippen molar-refractivity contribution < 1.29 is 9.84 Å². The molecule has 1 N–H and O–H groups in total. The van der Waals surface area contributed by atoms with E-state index in [1.165, 1.54) is 0 Å². The van der Waals surface area contributed by atoms with Crippen molar-refractivity contribution in [3.63, 3.8) is 0 Å². The van der Waals surface area contributed by atoms with Crippen LogP contribution in [0.2, 0.25) is 0 Å². The van der Waals surface area contributed by atoms with E-state index in [-0.39, 0.29) is 12.6 Å². The Morgan fingerprint density at radius 2 is 1.74 bits per heavy atom. The average molecular weight is 364 g/mol. The van der Waals surface area contributed by atoms with E-state index in [1.54, 1.807) is 0 Å². The minimum Gasteiger partial charge on any atom is -0.477 e. The van der Waals surface area contributed by atoms with Crippen molar-refractivity contribution in [3.05, 3.63) is 54.2 Å². The van der Waals surface area contributed by atoms with Gasteiger partial charge in [-0.2, -0.15) is 10.2 Å². The van der Waals surface area contributed by atoms with Crippen LogP contribution in [0.5, 0.6) is 5.88 Å². The number of aliphatic hydroxyl groups is 1. The molecule has 6 nitrogen and oxygen atoms in total. The summed E-state index contributed by atoms with van der Waals surface area (Å²) < 4.78 is 9.91. The quantitative estimate of drug-likeness (QED) is 0.507. The summed E-state index contributed by atoms with van der Waals surface area (Å²) in [7, 11) is 0. The van der Waals surface area contributed by atoms with Gasteiger partial charge < -0.3 is 9.84 Å². The van der Waals surface area contributed by atoms with E-state index in [9.17, 15) is 0 Å². The predicted molar refractivity (Wildman–Crippen MR) is 106 cm³/mol. The average Bonchev–Trinajstić information content (AvgIpc) is 3.21. The van der Waals surface area contributed by atoms with Crippen molar-refractivity contribution in [3.8, 4) is 5.88 Å². The molecule has 4 rings (SSSR count). The third-order valence-corrected chi connectivity index (χ3v) is 4.62. The van der Waals surface area contributed by atoms with Crippen molar-refractivity contribution in [2.75, 3.05) is 13.2 Å². The number of fused-ring (bicyclic) bond motifs is 2. The molecule has 0 atom stereocenters. The van der Waals surface area contributed by atoms with Gasteiger partial charge in [0.05, 0.1) is 35.3 Å². The molecule has 2 aromatic heterocycles. The molecule has 2 heterocycles. The molecule has 0 saturated heterocycles. The normalized spacial score (nSPS) is 11.7. The molecule has 0 aliphatic heterocycles. The molecule has 0 spiro atoms. The van der Waals surface area contributed by atoms with Crippen molar-refractivity contribution in [2.45, 2.75) is 32.9 Å². The zero-order chi connectivity index (χ0) is 18.8. The highest BCUT2D eigenvalue weighted by Crippen LogP contribution is 2.28. The van der Waals surface area contributed by atoms with E-state index in [0.717, 1.165) is 33.4 Å². The van der Waals surface area contributed by atoms with Crippen LogP contribution in [0.1, 0.15) is 32.0 Å². The summed E-state index contributed by atoms with van der Waals surface area (Å²) in [6.07, 6.45) is 0.588. The first-order valence-electron chi connectivity index (χ1n) is 9.34. The van der Waals surface area contributed by atoms with E-state index in [4.69, 9.17) is 20.0 Å². The monoisotopic (exact) mass is 364 g/mol. The molecule has 0 aliphatic rings. The van der Waals surface area contributed by atoms with E-state index in [2.05, 4.69) is 30.7 Å². The smallest absolute Gasteiger partial charge is 0.220 e. The van der Waals surface area contributed by atoms with Crippen LogP contribution in [0.3, 0.4) is 0 Å². The van der Waals surface area contributed by atoms with Gasteiger partial charge in [0.15, 0.2) is 0 Å². The number of rotatable bonds is 7. The van der Waals surface area contributed by atoms with E-state index >= 15 is 0 Å². The van der Waals surface area contributed by atoms with Crippen LogP contribution in [0.25, 0.3) is 21.8 Å². The first kappa shape index (κ1) is 17.5. The Morgan fingerprint density at radius 3 is 2.52 bits per heavy atom. The van der Waals surface area contributed by atoms with Gasteiger partial charge in [-0.25, -0.2) is 4.68 Å². The Hall–Kier alpha value is -2.86. The van der Waals surface area contributed by atoms with Crippen molar-refractivity contribution in [2.24, 2.45) is 0 Å². The fourth-order valence-electron chi connectivity index (χ4n) is 3.36. The fourth-order valence-corrected chi connectivity index (χ4v) is 3.36. The van der Waals surface area contributed by atoms with Gasteiger partial charge in [0.1, 0.15) is 0 Å². The van der Waals surface area contributed by atoms with Crippen LogP contribution < -0.4 is 4.74 Å². The highest BCUT2D eigenvalue weighted by Gasteiger charge is 2.17. The first-order valence-corrected chi connectivity index (χ1v) is 9.34. The number of ether oxygens (including phenoxy) is 1. The summed E-state index contributed by atoms with van der Waals surface area (Å²) in [5.41, 5.74) is 2.99. The third-order valence-electron chi connectivity index (χ3n) is 4.62. The Balaban J connectivity index is 1.77. The van der Waals surface area contributed by atoms with Gasteiger partial charge >= 0.3 is 0 Å². The molecule has 140 valence electrons. The number of hydrogen-bond acceptors (Lipinski definition) is 4. The third kappa shape index (κ3) is 3.28. The highest BCUT2D eigenvalue weighted by atomic mass is 16.5. The number of aliphatic hydroxyl groups excluding tert-OH is 1. The number of hydrogen-bond donors (Lipinski definition) is 1. The van der Waals surface area contributed by atoms with E-state index < -0.39 is 0 Å². The number of benzene rings is 2. The maximum absolute atomic E-state index is 9.07. The number of para-hydroxylation sites is 1. The molecule has 0 bridgehead atoms. The van der Waals surface area contributed by atoms with Gasteiger partial charge in [-0.1, -0.05) is 30.3 Å². The predicted octanol–water partition coefficient (Wildman–Crippen LogP) is 3.78. The second-order valence-corrected chi connectivity index (χ2v) is 6.91. The Labute approximate surface area is 158 Å². The van der Waals surface area contributed by atoms with Gasteiger partial charge in [-0.15, -0.1) is 0 Å². The number of nitrogens with zero attached hydrogens (tertiary/aromatic N) is 4. The summed E-state index contributed by atoms with van der Waals surface area (Å²) in [4.78, 5) is 0. The Kier molecular flexibility index (Phi) is 4.81. The zero-order valence-electron chi connectivity index (χ0n) is 15.7. The molecule has 0 radical (unpaired) electrons. The second-order valence-electron chi connectivity index (χ2n) is 6.91. The topological polar surface area (TPSA) is 65.1 Å². The summed E-state index contributed by atoms with van der Waals surface area (Å²) >= 11 is 0. The van der Waals surface area contributed by atoms with Crippen LogP contribution in [-0.4, -0.2) is 37.9 Å². The summed E-state index contributed by atoms with van der Waals surface area (Å²) in [5, 5.41) is 20.8. The molecule has 2 aromatic carbocycles. The van der Waals surface area contributed by atoms with Crippen molar-refractivity contribution in [1.29, 1.82) is 0 Å². The van der Waals surface area contributed by atoms with Crippen LogP contribution in [0.4, 0.5) is 0 Å². The maximum atomic E-state index is 9.07. The standard InChI is InChI=1S/C21H24N4O2/c1-15(2)25-20-11-6-4-8-16(20)19(23-25)14-24-21(27-13-7-12-26)17-9-3-5-10-18(17)22-24/h3-6,8-11,15,26H,7,12-14H2,1-2H3. The van der Waals surface area contributed by atoms with Crippen LogP contribution in [0.15, 0.2) is 48.5 Å². The Morgan fingerprint density at radius 1 is 1.00 bits per heavy atom. The molecular weight excluding hydrogens is 340 g/mol. The van der Waals surface area contributed by atoms with Gasteiger partial charge in [0, 0.05) is 24.5 Å². The van der Waals surface area contributed by atoms with Gasteiger partial charge in [0.25, 0.3) is 0 Å². The molecule has 0 fully saturated rings. The molecular formula is C21H24N4O2. The lowest BCUT2D eigenvalue weighted by molar-refractivity contribution is 0.224. The highest BCUT2D eigenvalue weighted by molar-refractivity contribution is 5.85. The number of aromatic nitrogens is 4. The largest absolute Gasteiger partial charge is 0.477 e. The molecule has 0 aliphatic carbocycles. The van der Waals surface area contributed by atoms with Gasteiger partial charge in [0.2, 0.25) is 5.88 Å².